The molecule has 1 saturated carbocycles. The molecule has 1 aliphatic carbocycles. The second kappa shape index (κ2) is 4.00. The van der Waals surface area contributed by atoms with Crippen LogP contribution >= 0.6 is 0 Å². The molecule has 0 saturated heterocycles. The van der Waals surface area contributed by atoms with E-state index in [0.717, 1.165) is 17.7 Å². The van der Waals surface area contributed by atoms with E-state index in [4.69, 9.17) is 4.52 Å². The molecule has 2 aliphatic rings. The summed E-state index contributed by atoms with van der Waals surface area (Å²) >= 11 is 0. The first-order valence-electron chi connectivity index (χ1n) is 6.52. The van der Waals surface area contributed by atoms with Crippen LogP contribution in [0.4, 0.5) is 0 Å². The highest BCUT2D eigenvalue weighted by atomic mass is 16.5. The SMILES string of the molecule is O=C1c2ccccc2C(=O)N1Cc1nc(C2CC2)no1. The van der Waals surface area contributed by atoms with Crippen LogP contribution in [0.15, 0.2) is 28.8 Å². The van der Waals surface area contributed by atoms with Gasteiger partial charge in [-0.25, -0.2) is 0 Å². The van der Waals surface area contributed by atoms with E-state index in [9.17, 15) is 9.59 Å². The Hall–Kier alpha value is -2.50. The van der Waals surface area contributed by atoms with E-state index in [0.29, 0.717) is 28.8 Å². The van der Waals surface area contributed by atoms with Gasteiger partial charge in [-0.2, -0.15) is 4.98 Å². The number of imide groups is 1. The van der Waals surface area contributed by atoms with Crippen molar-refractivity contribution in [2.45, 2.75) is 25.3 Å². The highest BCUT2D eigenvalue weighted by Gasteiger charge is 2.36. The van der Waals surface area contributed by atoms with Crippen LogP contribution in [0, 0.1) is 0 Å². The third kappa shape index (κ3) is 1.65. The summed E-state index contributed by atoms with van der Waals surface area (Å²) in [6.45, 7) is 0.0338. The van der Waals surface area contributed by atoms with Gasteiger partial charge in [0.05, 0.1) is 11.1 Å². The number of benzene rings is 1. The third-order valence-corrected chi connectivity index (χ3v) is 3.60. The average Bonchev–Trinajstić information content (AvgIpc) is 3.18. The summed E-state index contributed by atoms with van der Waals surface area (Å²) in [5.41, 5.74) is 0.860. The maximum Gasteiger partial charge on any atom is 0.262 e. The minimum absolute atomic E-state index is 0.0338. The largest absolute Gasteiger partial charge is 0.337 e. The van der Waals surface area contributed by atoms with E-state index in [2.05, 4.69) is 10.1 Å². The smallest absolute Gasteiger partial charge is 0.262 e. The number of rotatable bonds is 3. The summed E-state index contributed by atoms with van der Waals surface area (Å²) in [5, 5.41) is 3.88. The lowest BCUT2D eigenvalue weighted by Gasteiger charge is -2.09. The molecule has 1 aliphatic heterocycles. The first kappa shape index (κ1) is 11.3. The Kier molecular flexibility index (Phi) is 2.26. The Bertz CT molecular complexity index is 683. The molecule has 2 heterocycles. The predicted molar refractivity (Wildman–Crippen MR) is 66.9 cm³/mol. The first-order chi connectivity index (χ1) is 9.74. The van der Waals surface area contributed by atoms with Crippen molar-refractivity contribution in [3.05, 3.63) is 47.1 Å². The molecular weight excluding hydrogens is 258 g/mol. The van der Waals surface area contributed by atoms with E-state index in [1.54, 1.807) is 24.3 Å². The molecule has 6 nitrogen and oxygen atoms in total. The second-order valence-electron chi connectivity index (χ2n) is 5.06. The molecule has 4 rings (SSSR count). The molecule has 1 fully saturated rings. The quantitative estimate of drug-likeness (QED) is 0.793. The Morgan fingerprint density at radius 2 is 1.80 bits per heavy atom. The Balaban J connectivity index is 1.60. The highest BCUT2D eigenvalue weighted by molar-refractivity contribution is 6.21. The molecule has 2 aromatic rings. The van der Waals surface area contributed by atoms with Gasteiger partial charge in [-0.1, -0.05) is 17.3 Å². The molecule has 1 aromatic carbocycles. The zero-order chi connectivity index (χ0) is 13.7. The van der Waals surface area contributed by atoms with Gasteiger partial charge in [0.1, 0.15) is 6.54 Å². The van der Waals surface area contributed by atoms with E-state index >= 15 is 0 Å². The number of amides is 2. The zero-order valence-electron chi connectivity index (χ0n) is 10.6. The lowest BCUT2D eigenvalue weighted by Crippen LogP contribution is -2.29. The molecule has 6 heteroatoms. The normalized spacial score (nSPS) is 17.7. The van der Waals surface area contributed by atoms with Crippen molar-refractivity contribution in [3.8, 4) is 0 Å². The van der Waals surface area contributed by atoms with E-state index in [1.807, 2.05) is 0 Å². The summed E-state index contributed by atoms with van der Waals surface area (Å²) in [4.78, 5) is 29.8. The molecule has 0 atom stereocenters. The lowest BCUT2D eigenvalue weighted by atomic mass is 10.1. The Morgan fingerprint density at radius 1 is 1.15 bits per heavy atom. The topological polar surface area (TPSA) is 76.3 Å². The highest BCUT2D eigenvalue weighted by Crippen LogP contribution is 2.38. The summed E-state index contributed by atoms with van der Waals surface area (Å²) in [5.74, 6) is 0.751. The molecule has 0 unspecified atom stereocenters. The molecule has 2 amide bonds. The molecule has 0 bridgehead atoms. The van der Waals surface area contributed by atoms with Crippen LogP contribution in [0.1, 0.15) is 51.2 Å². The van der Waals surface area contributed by atoms with Gasteiger partial charge in [0.15, 0.2) is 5.82 Å². The van der Waals surface area contributed by atoms with Gasteiger partial charge >= 0.3 is 0 Å². The van der Waals surface area contributed by atoms with Crippen molar-refractivity contribution in [2.75, 3.05) is 0 Å². The molecular formula is C14H11N3O3. The summed E-state index contributed by atoms with van der Waals surface area (Å²) in [7, 11) is 0. The van der Waals surface area contributed by atoms with E-state index in [1.165, 1.54) is 0 Å². The Morgan fingerprint density at radius 3 is 2.40 bits per heavy atom. The molecule has 0 radical (unpaired) electrons. The minimum atomic E-state index is -0.309. The fourth-order valence-electron chi connectivity index (χ4n) is 2.36. The minimum Gasteiger partial charge on any atom is -0.337 e. The number of fused-ring (bicyclic) bond motifs is 1. The van der Waals surface area contributed by atoms with E-state index in [-0.39, 0.29) is 18.4 Å². The maximum absolute atomic E-state index is 12.2. The van der Waals surface area contributed by atoms with Crippen molar-refractivity contribution >= 4 is 11.8 Å². The predicted octanol–water partition coefficient (Wildman–Crippen LogP) is 1.74. The number of aromatic nitrogens is 2. The summed E-state index contributed by atoms with van der Waals surface area (Å²) in [6.07, 6.45) is 2.15. The van der Waals surface area contributed by atoms with Crippen LogP contribution in [0.25, 0.3) is 0 Å². The van der Waals surface area contributed by atoms with Crippen LogP contribution < -0.4 is 0 Å². The molecule has 100 valence electrons. The van der Waals surface area contributed by atoms with Crippen LogP contribution in [0.5, 0.6) is 0 Å². The van der Waals surface area contributed by atoms with Crippen molar-refractivity contribution in [2.24, 2.45) is 0 Å². The number of carbonyl (C=O) groups excluding carboxylic acids is 2. The number of nitrogens with zero attached hydrogens (tertiary/aromatic N) is 3. The van der Waals surface area contributed by atoms with Gasteiger partial charge in [-0.15, -0.1) is 0 Å². The first-order valence-corrected chi connectivity index (χ1v) is 6.52. The fraction of sp³-hybridized carbons (Fsp3) is 0.286. The third-order valence-electron chi connectivity index (χ3n) is 3.60. The van der Waals surface area contributed by atoms with Crippen molar-refractivity contribution in [3.63, 3.8) is 0 Å². The van der Waals surface area contributed by atoms with Crippen LogP contribution in [-0.2, 0) is 6.54 Å². The summed E-state index contributed by atoms with van der Waals surface area (Å²) in [6, 6.07) is 6.79. The number of hydrogen-bond donors (Lipinski definition) is 0. The van der Waals surface area contributed by atoms with E-state index < -0.39 is 0 Å². The van der Waals surface area contributed by atoms with Gasteiger partial charge in [-0.3, -0.25) is 14.5 Å². The fourth-order valence-corrected chi connectivity index (χ4v) is 2.36. The molecule has 1 aromatic heterocycles. The lowest BCUT2D eigenvalue weighted by molar-refractivity contribution is 0.0625. The zero-order valence-corrected chi connectivity index (χ0v) is 10.6. The van der Waals surface area contributed by atoms with Gasteiger partial charge < -0.3 is 4.52 Å². The van der Waals surface area contributed by atoms with Crippen molar-refractivity contribution < 1.29 is 14.1 Å². The Labute approximate surface area is 114 Å². The number of carbonyl (C=O) groups is 2. The summed E-state index contributed by atoms with van der Waals surface area (Å²) < 4.78 is 5.12. The standard InChI is InChI=1S/C14H11N3O3/c18-13-9-3-1-2-4-10(9)14(19)17(13)7-11-15-12(16-20-11)8-5-6-8/h1-4,8H,5-7H2. The molecule has 20 heavy (non-hydrogen) atoms. The van der Waals surface area contributed by atoms with Gasteiger partial charge in [-0.05, 0) is 25.0 Å². The monoisotopic (exact) mass is 269 g/mol. The number of hydrogen-bond acceptors (Lipinski definition) is 5. The molecule has 0 N–H and O–H groups in total. The van der Waals surface area contributed by atoms with Crippen LogP contribution in [0.3, 0.4) is 0 Å². The van der Waals surface area contributed by atoms with Gasteiger partial charge in [0.2, 0.25) is 5.89 Å². The van der Waals surface area contributed by atoms with Crippen molar-refractivity contribution in [1.82, 2.24) is 15.0 Å². The average molecular weight is 269 g/mol. The molecule has 0 spiro atoms. The van der Waals surface area contributed by atoms with Gasteiger partial charge in [0.25, 0.3) is 11.8 Å². The van der Waals surface area contributed by atoms with Crippen LogP contribution in [0.2, 0.25) is 0 Å². The maximum atomic E-state index is 12.2. The van der Waals surface area contributed by atoms with Crippen molar-refractivity contribution in [1.29, 1.82) is 0 Å². The van der Waals surface area contributed by atoms with Gasteiger partial charge in [0, 0.05) is 5.92 Å². The second-order valence-corrected chi connectivity index (χ2v) is 5.06. The van der Waals surface area contributed by atoms with Crippen LogP contribution in [-0.4, -0.2) is 26.9 Å².